The number of hydrogen-bond donors (Lipinski definition) is 1. The zero-order valence-electron chi connectivity index (χ0n) is 17.4. The predicted molar refractivity (Wildman–Crippen MR) is 122 cm³/mol. The van der Waals surface area contributed by atoms with Crippen molar-refractivity contribution in [2.75, 3.05) is 11.1 Å². The summed E-state index contributed by atoms with van der Waals surface area (Å²) in [6.07, 6.45) is 1.67. The monoisotopic (exact) mass is 446 g/mol. The Kier molecular flexibility index (Phi) is 6.38. The van der Waals surface area contributed by atoms with Gasteiger partial charge >= 0.3 is 5.69 Å². The summed E-state index contributed by atoms with van der Waals surface area (Å²) in [5, 5.41) is 3.75. The number of carbonyl (C=O) groups excluding carboxylic acids is 1. The van der Waals surface area contributed by atoms with Gasteiger partial charge in [-0.3, -0.25) is 18.7 Å². The van der Waals surface area contributed by atoms with Gasteiger partial charge in [0.2, 0.25) is 5.91 Å². The van der Waals surface area contributed by atoms with Crippen molar-refractivity contribution in [1.82, 2.24) is 14.1 Å². The van der Waals surface area contributed by atoms with E-state index in [0.29, 0.717) is 26.6 Å². The molecule has 1 aromatic carbocycles. The van der Waals surface area contributed by atoms with E-state index in [1.54, 1.807) is 25.4 Å². The van der Waals surface area contributed by atoms with Crippen molar-refractivity contribution < 1.29 is 4.79 Å². The summed E-state index contributed by atoms with van der Waals surface area (Å²) in [4.78, 5) is 42.7. The van der Waals surface area contributed by atoms with E-state index >= 15 is 0 Å². The first-order valence-corrected chi connectivity index (χ1v) is 10.8. The van der Waals surface area contributed by atoms with Crippen molar-refractivity contribution in [3.8, 4) is 0 Å². The number of nitrogens with zero attached hydrogens (tertiary/aromatic N) is 3. The minimum Gasteiger partial charge on any atom is -0.325 e. The first kappa shape index (κ1) is 22.1. The van der Waals surface area contributed by atoms with Crippen molar-refractivity contribution >= 4 is 46.0 Å². The van der Waals surface area contributed by atoms with Crippen LogP contribution >= 0.6 is 23.4 Å². The summed E-state index contributed by atoms with van der Waals surface area (Å²) in [7, 11) is 3.02. The topological polar surface area (TPSA) is 86.0 Å². The van der Waals surface area contributed by atoms with Crippen molar-refractivity contribution in [1.29, 1.82) is 0 Å². The van der Waals surface area contributed by atoms with E-state index in [2.05, 4.69) is 10.3 Å². The van der Waals surface area contributed by atoms with Gasteiger partial charge in [0, 0.05) is 35.9 Å². The number of halogens is 1. The molecule has 0 bridgehead atoms. The Morgan fingerprint density at radius 3 is 2.57 bits per heavy atom. The molecule has 1 amide bonds. The van der Waals surface area contributed by atoms with Crippen LogP contribution in [-0.2, 0) is 18.9 Å². The fraction of sp³-hybridized carbons (Fsp3) is 0.333. The molecule has 158 valence electrons. The van der Waals surface area contributed by atoms with E-state index in [4.69, 9.17) is 11.6 Å². The zero-order chi connectivity index (χ0) is 22.2. The molecule has 0 unspecified atom stereocenters. The van der Waals surface area contributed by atoms with Crippen molar-refractivity contribution in [3.05, 3.63) is 61.4 Å². The molecular weight excluding hydrogens is 424 g/mol. The van der Waals surface area contributed by atoms with Gasteiger partial charge < -0.3 is 5.32 Å². The second-order valence-corrected chi connectivity index (χ2v) is 8.80. The third kappa shape index (κ3) is 4.15. The average Bonchev–Trinajstić information content (AvgIpc) is 2.70. The molecule has 3 rings (SSSR count). The lowest BCUT2D eigenvalue weighted by Gasteiger charge is -2.16. The maximum atomic E-state index is 12.9. The predicted octanol–water partition coefficient (Wildman–Crippen LogP) is 3.45. The van der Waals surface area contributed by atoms with E-state index < -0.39 is 11.2 Å². The smallest absolute Gasteiger partial charge is 0.325 e. The Bertz CT molecular complexity index is 1260. The summed E-state index contributed by atoms with van der Waals surface area (Å²) < 4.78 is 2.41. The molecule has 7 nitrogen and oxygen atoms in total. The summed E-state index contributed by atoms with van der Waals surface area (Å²) in [5.41, 5.74) is 1.84. The number of thioether (sulfide) groups is 1. The van der Waals surface area contributed by atoms with Crippen LogP contribution in [0.4, 0.5) is 5.69 Å². The van der Waals surface area contributed by atoms with E-state index in [0.717, 1.165) is 15.7 Å². The lowest BCUT2D eigenvalue weighted by molar-refractivity contribution is -0.113. The maximum absolute atomic E-state index is 12.9. The number of amides is 1. The van der Waals surface area contributed by atoms with Gasteiger partial charge in [-0.15, -0.1) is 11.8 Å². The Hall–Kier alpha value is -2.58. The molecule has 2 aromatic heterocycles. The van der Waals surface area contributed by atoms with Crippen LogP contribution in [0.3, 0.4) is 0 Å². The summed E-state index contributed by atoms with van der Waals surface area (Å²) in [5.74, 6) is -0.0393. The number of aromatic nitrogens is 3. The van der Waals surface area contributed by atoms with Gasteiger partial charge in [0.25, 0.3) is 5.56 Å². The number of benzene rings is 1. The van der Waals surface area contributed by atoms with Gasteiger partial charge in [-0.2, -0.15) is 0 Å². The Balaban J connectivity index is 1.99. The van der Waals surface area contributed by atoms with Crippen molar-refractivity contribution in [2.24, 2.45) is 14.1 Å². The minimum absolute atomic E-state index is 0.0882. The number of fused-ring (bicyclic) bond motifs is 1. The quantitative estimate of drug-likeness (QED) is 0.606. The van der Waals surface area contributed by atoms with E-state index in [9.17, 15) is 14.4 Å². The van der Waals surface area contributed by atoms with Gasteiger partial charge in [0.1, 0.15) is 5.65 Å². The highest BCUT2D eigenvalue weighted by Crippen LogP contribution is 2.32. The molecule has 0 radical (unpaired) electrons. The number of hydrogen-bond acceptors (Lipinski definition) is 5. The first-order chi connectivity index (χ1) is 14.1. The second kappa shape index (κ2) is 8.65. The van der Waals surface area contributed by atoms with E-state index in [1.165, 1.54) is 23.4 Å². The number of carbonyl (C=O) groups is 1. The van der Waals surface area contributed by atoms with Crippen LogP contribution in [0.5, 0.6) is 0 Å². The molecule has 3 aromatic rings. The largest absolute Gasteiger partial charge is 0.332 e. The minimum atomic E-state index is -0.442. The van der Waals surface area contributed by atoms with Crippen molar-refractivity contribution in [2.45, 2.75) is 31.6 Å². The lowest BCUT2D eigenvalue weighted by Crippen LogP contribution is -2.37. The fourth-order valence-electron chi connectivity index (χ4n) is 3.09. The van der Waals surface area contributed by atoms with E-state index in [1.807, 2.05) is 26.8 Å². The SMILES string of the molecule is Cc1ccc(NC(=O)CSc2c(C(C)C)cnc3c2c(=O)n(C)c(=O)n3C)cc1Cl. The van der Waals surface area contributed by atoms with Gasteiger partial charge in [0.15, 0.2) is 0 Å². The molecule has 9 heteroatoms. The highest BCUT2D eigenvalue weighted by atomic mass is 35.5. The molecule has 0 aliphatic carbocycles. The van der Waals surface area contributed by atoms with Crippen LogP contribution in [-0.4, -0.2) is 25.8 Å². The molecule has 0 aliphatic heterocycles. The third-order valence-electron chi connectivity index (χ3n) is 4.87. The lowest BCUT2D eigenvalue weighted by atomic mass is 10.0. The number of rotatable bonds is 5. The van der Waals surface area contributed by atoms with Crippen LogP contribution in [0, 0.1) is 6.92 Å². The van der Waals surface area contributed by atoms with E-state index in [-0.39, 0.29) is 17.6 Å². The molecule has 0 atom stereocenters. The summed E-state index contributed by atoms with van der Waals surface area (Å²) in [6, 6.07) is 5.32. The second-order valence-electron chi connectivity index (χ2n) is 7.40. The van der Waals surface area contributed by atoms with Crippen LogP contribution in [0.25, 0.3) is 11.0 Å². The fourth-order valence-corrected chi connectivity index (χ4v) is 4.40. The Morgan fingerprint density at radius 2 is 1.93 bits per heavy atom. The molecule has 0 spiro atoms. The molecular formula is C21H23ClN4O3S. The third-order valence-corrected chi connectivity index (χ3v) is 6.42. The average molecular weight is 447 g/mol. The van der Waals surface area contributed by atoms with Gasteiger partial charge in [0.05, 0.1) is 11.1 Å². The standard InChI is InChI=1S/C21H23ClN4O3S/c1-11(2)14-9-23-19-17(20(28)26(5)21(29)25(19)4)18(14)30-10-16(27)24-13-7-6-12(3)15(22)8-13/h6-9,11H,10H2,1-5H3,(H,24,27). The number of pyridine rings is 1. The Labute approximate surface area is 183 Å². The number of nitrogens with one attached hydrogen (secondary N) is 1. The van der Waals surface area contributed by atoms with Crippen LogP contribution in [0.2, 0.25) is 5.02 Å². The molecule has 0 saturated heterocycles. The molecule has 2 heterocycles. The number of anilines is 1. The van der Waals surface area contributed by atoms with Crippen LogP contribution in [0.15, 0.2) is 38.9 Å². The Morgan fingerprint density at radius 1 is 1.23 bits per heavy atom. The molecule has 0 fully saturated rings. The van der Waals surface area contributed by atoms with Crippen LogP contribution in [0.1, 0.15) is 30.9 Å². The van der Waals surface area contributed by atoms with Gasteiger partial charge in [-0.1, -0.05) is 31.5 Å². The highest BCUT2D eigenvalue weighted by Gasteiger charge is 2.20. The van der Waals surface area contributed by atoms with Gasteiger partial charge in [-0.25, -0.2) is 9.78 Å². The zero-order valence-corrected chi connectivity index (χ0v) is 19.0. The number of aryl methyl sites for hydroxylation is 2. The highest BCUT2D eigenvalue weighted by molar-refractivity contribution is 8.00. The molecule has 0 aliphatic rings. The molecule has 0 saturated carbocycles. The molecule has 1 N–H and O–H groups in total. The normalized spacial score (nSPS) is 11.3. The molecule has 30 heavy (non-hydrogen) atoms. The van der Waals surface area contributed by atoms with Crippen LogP contribution < -0.4 is 16.6 Å². The van der Waals surface area contributed by atoms with Gasteiger partial charge in [-0.05, 0) is 36.1 Å². The maximum Gasteiger partial charge on any atom is 0.332 e. The summed E-state index contributed by atoms with van der Waals surface area (Å²) >= 11 is 7.39. The van der Waals surface area contributed by atoms with Crippen molar-refractivity contribution in [3.63, 3.8) is 0 Å². The summed E-state index contributed by atoms with van der Waals surface area (Å²) in [6.45, 7) is 5.88. The first-order valence-electron chi connectivity index (χ1n) is 9.39.